The molecule has 2 aromatic carbocycles. The normalized spacial score (nSPS) is 11.0. The molecule has 21 heavy (non-hydrogen) atoms. The number of nitrogens with zero attached hydrogens (tertiary/aromatic N) is 2. The van der Waals surface area contributed by atoms with Crippen molar-refractivity contribution in [3.05, 3.63) is 58.4 Å². The smallest absolute Gasteiger partial charge is 0.337 e. The van der Waals surface area contributed by atoms with Gasteiger partial charge in [0.25, 0.3) is 0 Å². The average molecular weight is 301 g/mol. The van der Waals surface area contributed by atoms with Gasteiger partial charge in [0.2, 0.25) is 0 Å². The highest BCUT2D eigenvalue weighted by molar-refractivity contribution is 6.31. The SMILES string of the molecule is Cc1cc2ncn(-c3cc(Cl)ccc3C(=O)O)c2cc1C. The molecule has 0 radical (unpaired) electrons. The fourth-order valence-electron chi connectivity index (χ4n) is 2.34. The minimum atomic E-state index is -0.993. The van der Waals surface area contributed by atoms with Crippen LogP contribution in [0.5, 0.6) is 0 Å². The lowest BCUT2D eigenvalue weighted by atomic mass is 10.1. The summed E-state index contributed by atoms with van der Waals surface area (Å²) in [6.07, 6.45) is 1.63. The summed E-state index contributed by atoms with van der Waals surface area (Å²) in [7, 11) is 0. The molecule has 0 spiro atoms. The minimum absolute atomic E-state index is 0.192. The van der Waals surface area contributed by atoms with E-state index >= 15 is 0 Å². The number of aromatic carboxylic acids is 1. The molecule has 0 aliphatic carbocycles. The second-order valence-electron chi connectivity index (χ2n) is 5.01. The van der Waals surface area contributed by atoms with Gasteiger partial charge in [-0.3, -0.25) is 4.57 Å². The molecule has 0 saturated heterocycles. The fourth-order valence-corrected chi connectivity index (χ4v) is 2.51. The number of halogens is 1. The second-order valence-corrected chi connectivity index (χ2v) is 5.44. The Morgan fingerprint density at radius 1 is 1.19 bits per heavy atom. The van der Waals surface area contributed by atoms with Gasteiger partial charge in [0.1, 0.15) is 6.33 Å². The van der Waals surface area contributed by atoms with E-state index in [4.69, 9.17) is 11.6 Å². The summed E-state index contributed by atoms with van der Waals surface area (Å²) in [4.78, 5) is 15.8. The minimum Gasteiger partial charge on any atom is -0.478 e. The zero-order chi connectivity index (χ0) is 15.1. The van der Waals surface area contributed by atoms with Crippen molar-refractivity contribution in [2.45, 2.75) is 13.8 Å². The molecule has 0 unspecified atom stereocenters. The predicted octanol–water partition coefficient (Wildman–Crippen LogP) is 3.99. The molecule has 0 aliphatic rings. The molecule has 1 aromatic heterocycles. The standard InChI is InChI=1S/C16H13ClN2O2/c1-9-5-13-15(6-10(9)2)19(8-18-13)14-7-11(17)3-4-12(14)16(20)21/h3-8H,1-2H3,(H,20,21). The molecular formula is C16H13ClN2O2. The Morgan fingerprint density at radius 2 is 1.90 bits per heavy atom. The van der Waals surface area contributed by atoms with Crippen molar-refractivity contribution in [3.63, 3.8) is 0 Å². The lowest BCUT2D eigenvalue weighted by molar-refractivity contribution is 0.0697. The van der Waals surface area contributed by atoms with Gasteiger partial charge in [0.15, 0.2) is 0 Å². The highest BCUT2D eigenvalue weighted by Gasteiger charge is 2.15. The maximum Gasteiger partial charge on any atom is 0.337 e. The number of benzene rings is 2. The lowest BCUT2D eigenvalue weighted by Gasteiger charge is -2.10. The number of hydrogen-bond acceptors (Lipinski definition) is 2. The summed E-state index contributed by atoms with van der Waals surface area (Å²) in [6.45, 7) is 4.04. The van der Waals surface area contributed by atoms with Crippen LogP contribution in [-0.4, -0.2) is 20.6 Å². The Hall–Kier alpha value is -2.33. The van der Waals surface area contributed by atoms with Crippen LogP contribution in [0.2, 0.25) is 5.02 Å². The van der Waals surface area contributed by atoms with Crippen molar-refractivity contribution >= 4 is 28.6 Å². The van der Waals surface area contributed by atoms with E-state index in [9.17, 15) is 9.90 Å². The van der Waals surface area contributed by atoms with Crippen molar-refractivity contribution in [2.24, 2.45) is 0 Å². The van der Waals surface area contributed by atoms with Gasteiger partial charge in [-0.25, -0.2) is 9.78 Å². The topological polar surface area (TPSA) is 55.1 Å². The second kappa shape index (κ2) is 4.90. The highest BCUT2D eigenvalue weighted by Crippen LogP contribution is 2.26. The number of hydrogen-bond donors (Lipinski definition) is 1. The first-order valence-electron chi connectivity index (χ1n) is 6.45. The van der Waals surface area contributed by atoms with Gasteiger partial charge in [0, 0.05) is 5.02 Å². The first kappa shape index (κ1) is 13.6. The zero-order valence-electron chi connectivity index (χ0n) is 11.6. The van der Waals surface area contributed by atoms with Crippen molar-refractivity contribution in [2.75, 3.05) is 0 Å². The van der Waals surface area contributed by atoms with E-state index < -0.39 is 5.97 Å². The zero-order valence-corrected chi connectivity index (χ0v) is 12.3. The molecule has 106 valence electrons. The number of carboxylic acids is 1. The number of rotatable bonds is 2. The molecule has 5 heteroatoms. The number of carbonyl (C=O) groups is 1. The fraction of sp³-hybridized carbons (Fsp3) is 0.125. The van der Waals surface area contributed by atoms with Crippen molar-refractivity contribution in [1.29, 1.82) is 0 Å². The Morgan fingerprint density at radius 3 is 2.62 bits per heavy atom. The van der Waals surface area contributed by atoms with Gasteiger partial charge in [0.05, 0.1) is 22.3 Å². The van der Waals surface area contributed by atoms with E-state index in [1.807, 2.05) is 26.0 Å². The lowest BCUT2D eigenvalue weighted by Crippen LogP contribution is -2.04. The number of fused-ring (bicyclic) bond motifs is 1. The summed E-state index contributed by atoms with van der Waals surface area (Å²) < 4.78 is 1.76. The summed E-state index contributed by atoms with van der Waals surface area (Å²) in [6, 6.07) is 8.72. The van der Waals surface area contributed by atoms with Gasteiger partial charge < -0.3 is 5.11 Å². The third kappa shape index (κ3) is 2.28. The maximum absolute atomic E-state index is 11.4. The monoisotopic (exact) mass is 300 g/mol. The molecule has 0 aliphatic heterocycles. The Bertz CT molecular complexity index is 868. The molecule has 1 heterocycles. The van der Waals surface area contributed by atoms with Gasteiger partial charge in [-0.05, 0) is 55.3 Å². The van der Waals surface area contributed by atoms with E-state index in [1.54, 1.807) is 23.0 Å². The Labute approximate surface area is 126 Å². The summed E-state index contributed by atoms with van der Waals surface area (Å²) in [5, 5.41) is 9.84. The number of aryl methyl sites for hydroxylation is 2. The van der Waals surface area contributed by atoms with Crippen LogP contribution in [-0.2, 0) is 0 Å². The first-order valence-corrected chi connectivity index (χ1v) is 6.82. The predicted molar refractivity (Wildman–Crippen MR) is 82.5 cm³/mol. The Balaban J connectivity index is 2.33. The first-order chi connectivity index (χ1) is 9.97. The largest absolute Gasteiger partial charge is 0.478 e. The van der Waals surface area contributed by atoms with Gasteiger partial charge in [-0.1, -0.05) is 11.6 Å². The van der Waals surface area contributed by atoms with E-state index in [-0.39, 0.29) is 5.56 Å². The molecule has 0 amide bonds. The van der Waals surface area contributed by atoms with Crippen molar-refractivity contribution < 1.29 is 9.90 Å². The quantitative estimate of drug-likeness (QED) is 0.778. The number of aromatic nitrogens is 2. The maximum atomic E-state index is 11.4. The van der Waals surface area contributed by atoms with E-state index in [0.29, 0.717) is 10.7 Å². The van der Waals surface area contributed by atoms with E-state index in [0.717, 1.165) is 22.2 Å². The average Bonchev–Trinajstić information content (AvgIpc) is 2.81. The molecule has 4 nitrogen and oxygen atoms in total. The van der Waals surface area contributed by atoms with E-state index in [1.165, 1.54) is 6.07 Å². The van der Waals surface area contributed by atoms with Crippen LogP contribution < -0.4 is 0 Å². The molecule has 0 fully saturated rings. The summed E-state index contributed by atoms with van der Waals surface area (Å²) in [5.41, 5.74) is 4.68. The van der Waals surface area contributed by atoms with Crippen LogP contribution in [0, 0.1) is 13.8 Å². The molecule has 3 rings (SSSR count). The third-order valence-corrected chi connectivity index (χ3v) is 3.85. The third-order valence-electron chi connectivity index (χ3n) is 3.61. The Kier molecular flexibility index (Phi) is 3.18. The van der Waals surface area contributed by atoms with E-state index in [2.05, 4.69) is 4.98 Å². The summed E-state index contributed by atoms with van der Waals surface area (Å²) in [5.74, 6) is -0.993. The summed E-state index contributed by atoms with van der Waals surface area (Å²) >= 11 is 6.02. The van der Waals surface area contributed by atoms with Crippen LogP contribution in [0.3, 0.4) is 0 Å². The highest BCUT2D eigenvalue weighted by atomic mass is 35.5. The van der Waals surface area contributed by atoms with Gasteiger partial charge >= 0.3 is 5.97 Å². The molecular weight excluding hydrogens is 288 g/mol. The van der Waals surface area contributed by atoms with Crippen molar-refractivity contribution in [3.8, 4) is 5.69 Å². The number of carboxylic acid groups (broad SMARTS) is 1. The van der Waals surface area contributed by atoms with Crippen LogP contribution in [0.25, 0.3) is 16.7 Å². The molecule has 0 bridgehead atoms. The molecule has 0 atom stereocenters. The van der Waals surface area contributed by atoms with Crippen LogP contribution in [0.15, 0.2) is 36.7 Å². The number of imidazole rings is 1. The van der Waals surface area contributed by atoms with Crippen LogP contribution in [0.4, 0.5) is 0 Å². The molecule has 3 aromatic rings. The molecule has 0 saturated carbocycles. The molecule has 1 N–H and O–H groups in total. The van der Waals surface area contributed by atoms with Crippen LogP contribution in [0.1, 0.15) is 21.5 Å². The van der Waals surface area contributed by atoms with Crippen molar-refractivity contribution in [1.82, 2.24) is 9.55 Å². The van der Waals surface area contributed by atoms with Gasteiger partial charge in [-0.2, -0.15) is 0 Å². The van der Waals surface area contributed by atoms with Gasteiger partial charge in [-0.15, -0.1) is 0 Å². The van der Waals surface area contributed by atoms with Crippen LogP contribution >= 0.6 is 11.6 Å².